The van der Waals surface area contributed by atoms with Crippen molar-refractivity contribution in [2.24, 2.45) is 5.10 Å². The number of benzene rings is 1. The van der Waals surface area contributed by atoms with E-state index in [1.165, 1.54) is 12.1 Å². The zero-order valence-electron chi connectivity index (χ0n) is 12.6. The fourth-order valence-corrected chi connectivity index (χ4v) is 2.40. The van der Waals surface area contributed by atoms with E-state index in [4.69, 9.17) is 0 Å². The van der Waals surface area contributed by atoms with E-state index in [-0.39, 0.29) is 24.3 Å². The molecule has 0 spiro atoms. The van der Waals surface area contributed by atoms with Gasteiger partial charge in [-0.1, -0.05) is 0 Å². The normalized spacial score (nSPS) is 19.0. The maximum absolute atomic E-state index is 12.1. The third-order valence-corrected chi connectivity index (χ3v) is 3.47. The predicted molar refractivity (Wildman–Crippen MR) is 78.3 cm³/mol. The van der Waals surface area contributed by atoms with E-state index in [2.05, 4.69) is 15.2 Å². The first-order valence-electron chi connectivity index (χ1n) is 6.96. The number of hydrogen-bond donors (Lipinski definition) is 1. The fraction of sp³-hybridized carbons (Fsp3) is 0.286. The Morgan fingerprint density at radius 1 is 1.29 bits per heavy atom. The Bertz CT molecular complexity index is 674. The van der Waals surface area contributed by atoms with Gasteiger partial charge in [0, 0.05) is 25.0 Å². The van der Waals surface area contributed by atoms with E-state index < -0.39 is 12.3 Å². The molecule has 0 bridgehead atoms. The molecular weight excluding hydrogens is 327 g/mol. The number of ether oxygens (including phenoxy) is 1. The molecule has 1 N–H and O–H groups in total. The molecule has 0 aromatic heterocycles. The molecule has 0 fully saturated rings. The zero-order chi connectivity index (χ0) is 17.3. The minimum atomic E-state index is -4.76. The lowest BCUT2D eigenvalue weighted by molar-refractivity contribution is -0.274. The summed E-state index contributed by atoms with van der Waals surface area (Å²) in [6, 6.07) is 4.73. The van der Waals surface area contributed by atoms with Crippen molar-refractivity contribution in [1.29, 1.82) is 0 Å². The minimum Gasteiger partial charge on any atom is -0.406 e. The standard InChI is InChI=1S/C14H14F3N5O2/c1-20-13-21(6-7-22(13)9-19-20)8-18-12(23)10-2-4-11(5-3-10)24-14(15,16)17/h2-7,9,13H,8H2,1H3,(H,18,23). The third-order valence-electron chi connectivity index (χ3n) is 3.47. The third kappa shape index (κ3) is 3.36. The SMILES string of the molecule is CN1N=CN2C=CN(CNC(=O)c3ccc(OC(F)(F)F)cc3)C21. The van der Waals surface area contributed by atoms with E-state index in [9.17, 15) is 18.0 Å². The summed E-state index contributed by atoms with van der Waals surface area (Å²) in [7, 11) is 1.81. The average Bonchev–Trinajstić information content (AvgIpc) is 3.07. The van der Waals surface area contributed by atoms with Gasteiger partial charge in [0.2, 0.25) is 6.29 Å². The first-order chi connectivity index (χ1) is 11.3. The second-order valence-electron chi connectivity index (χ2n) is 5.15. The molecule has 1 atom stereocenters. The van der Waals surface area contributed by atoms with Crippen molar-refractivity contribution in [3.63, 3.8) is 0 Å². The largest absolute Gasteiger partial charge is 0.573 e. The Morgan fingerprint density at radius 2 is 2.00 bits per heavy atom. The second kappa shape index (κ2) is 5.95. The lowest BCUT2D eigenvalue weighted by atomic mass is 10.2. The first kappa shape index (κ1) is 16.0. The van der Waals surface area contributed by atoms with Gasteiger partial charge in [-0.15, -0.1) is 13.2 Å². The molecule has 1 aromatic rings. The first-order valence-corrected chi connectivity index (χ1v) is 6.96. The second-order valence-corrected chi connectivity index (χ2v) is 5.15. The highest BCUT2D eigenvalue weighted by molar-refractivity contribution is 5.94. The molecule has 24 heavy (non-hydrogen) atoms. The van der Waals surface area contributed by atoms with E-state index in [0.29, 0.717) is 0 Å². The van der Waals surface area contributed by atoms with Crippen molar-refractivity contribution in [3.8, 4) is 5.75 Å². The summed E-state index contributed by atoms with van der Waals surface area (Å²) in [5, 5.41) is 8.56. The van der Waals surface area contributed by atoms with Crippen LogP contribution in [0.25, 0.3) is 0 Å². The number of alkyl halides is 3. The number of rotatable bonds is 4. The lowest BCUT2D eigenvalue weighted by Crippen LogP contribution is -2.47. The van der Waals surface area contributed by atoms with Gasteiger partial charge in [0.25, 0.3) is 5.91 Å². The lowest BCUT2D eigenvalue weighted by Gasteiger charge is -2.30. The molecular formula is C14H14F3N5O2. The van der Waals surface area contributed by atoms with E-state index in [1.807, 2.05) is 29.2 Å². The molecule has 1 amide bonds. The molecule has 0 radical (unpaired) electrons. The predicted octanol–water partition coefficient (Wildman–Crippen LogP) is 1.53. The topological polar surface area (TPSA) is 60.4 Å². The number of nitrogens with one attached hydrogen (secondary N) is 1. The molecule has 1 aromatic carbocycles. The highest BCUT2D eigenvalue weighted by Gasteiger charge is 2.33. The van der Waals surface area contributed by atoms with Crippen LogP contribution in [-0.2, 0) is 0 Å². The number of nitrogens with zero attached hydrogens (tertiary/aromatic N) is 4. The van der Waals surface area contributed by atoms with Crippen LogP contribution in [0.1, 0.15) is 10.4 Å². The van der Waals surface area contributed by atoms with Crippen LogP contribution in [0.15, 0.2) is 41.8 Å². The molecule has 1 unspecified atom stereocenters. The summed E-state index contributed by atoms with van der Waals surface area (Å²) in [5.41, 5.74) is 0.237. The van der Waals surface area contributed by atoms with Crippen molar-refractivity contribution in [2.45, 2.75) is 12.7 Å². The number of fused-ring (bicyclic) bond motifs is 1. The Balaban J connectivity index is 1.55. The van der Waals surface area contributed by atoms with Crippen LogP contribution in [0.5, 0.6) is 5.75 Å². The Hall–Kier alpha value is -2.91. The average molecular weight is 341 g/mol. The summed E-state index contributed by atoms with van der Waals surface area (Å²) in [5.74, 6) is -0.774. The van der Waals surface area contributed by atoms with Crippen LogP contribution in [0.4, 0.5) is 13.2 Å². The summed E-state index contributed by atoms with van der Waals surface area (Å²) >= 11 is 0. The molecule has 128 valence electrons. The number of halogens is 3. The maximum atomic E-state index is 12.1. The van der Waals surface area contributed by atoms with Gasteiger partial charge in [0.15, 0.2) is 0 Å². The van der Waals surface area contributed by atoms with Crippen LogP contribution in [0.2, 0.25) is 0 Å². The fourth-order valence-electron chi connectivity index (χ4n) is 2.40. The van der Waals surface area contributed by atoms with Crippen LogP contribution >= 0.6 is 0 Å². The Labute approximate surface area is 135 Å². The molecule has 0 saturated heterocycles. The number of amides is 1. The van der Waals surface area contributed by atoms with Gasteiger partial charge < -0.3 is 15.0 Å². The molecule has 3 rings (SSSR count). The quantitative estimate of drug-likeness (QED) is 0.900. The van der Waals surface area contributed by atoms with Crippen molar-refractivity contribution < 1.29 is 22.7 Å². The monoisotopic (exact) mass is 341 g/mol. The van der Waals surface area contributed by atoms with Crippen molar-refractivity contribution in [1.82, 2.24) is 20.1 Å². The highest BCUT2D eigenvalue weighted by atomic mass is 19.4. The van der Waals surface area contributed by atoms with Gasteiger partial charge in [-0.05, 0) is 24.3 Å². The Kier molecular flexibility index (Phi) is 3.96. The molecule has 7 nitrogen and oxygen atoms in total. The van der Waals surface area contributed by atoms with Gasteiger partial charge >= 0.3 is 6.36 Å². The summed E-state index contributed by atoms with van der Waals surface area (Å²) in [6.07, 6.45) is 0.419. The molecule has 10 heteroatoms. The van der Waals surface area contributed by atoms with Crippen LogP contribution in [0, 0.1) is 0 Å². The van der Waals surface area contributed by atoms with Gasteiger partial charge in [-0.2, -0.15) is 5.10 Å². The van der Waals surface area contributed by atoms with Gasteiger partial charge in [0.1, 0.15) is 12.1 Å². The summed E-state index contributed by atoms with van der Waals surface area (Å²) in [4.78, 5) is 15.8. The van der Waals surface area contributed by atoms with E-state index in [0.717, 1.165) is 12.1 Å². The minimum absolute atomic E-state index is 0.132. The van der Waals surface area contributed by atoms with Crippen molar-refractivity contribution in [3.05, 3.63) is 42.2 Å². The van der Waals surface area contributed by atoms with E-state index in [1.54, 1.807) is 11.3 Å². The molecule has 2 aliphatic heterocycles. The molecule has 2 heterocycles. The van der Waals surface area contributed by atoms with Crippen molar-refractivity contribution >= 4 is 12.2 Å². The number of carbonyl (C=O) groups excluding carboxylic acids is 1. The van der Waals surface area contributed by atoms with Gasteiger partial charge in [0.05, 0.1) is 6.67 Å². The highest BCUT2D eigenvalue weighted by Crippen LogP contribution is 2.23. The van der Waals surface area contributed by atoms with Crippen LogP contribution < -0.4 is 10.1 Å². The number of carbonyl (C=O) groups is 1. The smallest absolute Gasteiger partial charge is 0.406 e. The molecule has 0 aliphatic carbocycles. The molecule has 0 saturated carbocycles. The number of hydrogen-bond acceptors (Lipinski definition) is 6. The molecule has 2 aliphatic rings. The van der Waals surface area contributed by atoms with Gasteiger partial charge in [-0.3, -0.25) is 14.7 Å². The summed E-state index contributed by atoms with van der Waals surface area (Å²) in [6.45, 7) is 0.227. The van der Waals surface area contributed by atoms with Crippen LogP contribution in [-0.4, -0.2) is 53.4 Å². The zero-order valence-corrected chi connectivity index (χ0v) is 12.6. The maximum Gasteiger partial charge on any atom is 0.573 e. The van der Waals surface area contributed by atoms with E-state index >= 15 is 0 Å². The van der Waals surface area contributed by atoms with Crippen molar-refractivity contribution in [2.75, 3.05) is 13.7 Å². The van der Waals surface area contributed by atoms with Crippen LogP contribution in [0.3, 0.4) is 0 Å². The Morgan fingerprint density at radius 3 is 2.67 bits per heavy atom. The van der Waals surface area contributed by atoms with Gasteiger partial charge in [-0.25, -0.2) is 0 Å². The summed E-state index contributed by atoms with van der Waals surface area (Å²) < 4.78 is 40.1. The number of hydrazone groups is 1.